The molecule has 4 fully saturated rings. The normalized spacial score (nSPS) is 21.9. The molecular formula is C46H45F2N7O8. The van der Waals surface area contributed by atoms with Gasteiger partial charge in [0.15, 0.2) is 5.82 Å². The molecule has 4 atom stereocenters. The number of pyridine rings is 1. The number of hydrogen-bond donors (Lipinski definition) is 0. The Kier molecular flexibility index (Phi) is 10.7. The molecule has 9 rings (SSSR count). The minimum atomic E-state index is -0.922. The summed E-state index contributed by atoms with van der Waals surface area (Å²) in [6, 6.07) is 12.6. The second-order valence-electron chi connectivity index (χ2n) is 17.6. The number of terminal acetylenes is 1. The van der Waals surface area contributed by atoms with E-state index in [1.54, 1.807) is 24.3 Å². The van der Waals surface area contributed by atoms with Gasteiger partial charge in [0.2, 0.25) is 0 Å². The number of fused-ring (bicyclic) bond motifs is 5. The van der Waals surface area contributed by atoms with Crippen molar-refractivity contribution >= 4 is 45.4 Å². The Morgan fingerprint density at radius 1 is 1.02 bits per heavy atom. The third kappa shape index (κ3) is 7.88. The van der Waals surface area contributed by atoms with Crippen LogP contribution in [0.3, 0.4) is 0 Å². The van der Waals surface area contributed by atoms with Crippen LogP contribution in [0.25, 0.3) is 32.9 Å². The van der Waals surface area contributed by atoms with E-state index in [4.69, 9.17) is 30.4 Å². The summed E-state index contributed by atoms with van der Waals surface area (Å²) in [5.41, 5.74) is -1.03. The highest BCUT2D eigenvalue weighted by Gasteiger charge is 2.50. The zero-order chi connectivity index (χ0) is 44.2. The lowest BCUT2D eigenvalue weighted by Gasteiger charge is -2.42. The summed E-state index contributed by atoms with van der Waals surface area (Å²) in [4.78, 5) is 56.7. The molecule has 0 spiro atoms. The molecule has 15 nitrogen and oxygen atoms in total. The van der Waals surface area contributed by atoms with Gasteiger partial charge in [-0.1, -0.05) is 30.2 Å². The SMILES string of the molecule is C#Cc1c(F)ccc2cccc(-c3ncc4c(N5C[C@H]6CC[C@@H](C5)N6C(=O)OC(C)(C)C)nc(OC[C@]56CCCN5[C@H](COC(=O)Oc5ccc([N+](=O)[O-])cc5)CC6)nc4c3F)c12. The number of halogens is 2. The number of nitro groups is 1. The molecule has 63 heavy (non-hydrogen) atoms. The number of carbonyl (C=O) groups is 2. The minimum Gasteiger partial charge on any atom is -0.461 e. The summed E-state index contributed by atoms with van der Waals surface area (Å²) in [5.74, 6) is 1.60. The third-order valence-electron chi connectivity index (χ3n) is 12.6. The average Bonchev–Trinajstić information content (AvgIpc) is 3.91. The van der Waals surface area contributed by atoms with Crippen LogP contribution in [-0.2, 0) is 9.47 Å². The van der Waals surface area contributed by atoms with Gasteiger partial charge < -0.3 is 23.8 Å². The Hall–Kier alpha value is -6.67. The first-order chi connectivity index (χ1) is 30.2. The van der Waals surface area contributed by atoms with Crippen LogP contribution in [0, 0.1) is 34.1 Å². The van der Waals surface area contributed by atoms with E-state index >= 15 is 8.78 Å². The van der Waals surface area contributed by atoms with Gasteiger partial charge in [-0.05, 0) is 89.4 Å². The van der Waals surface area contributed by atoms with E-state index in [0.29, 0.717) is 47.1 Å². The van der Waals surface area contributed by atoms with Gasteiger partial charge in [0, 0.05) is 48.4 Å². The smallest absolute Gasteiger partial charge is 0.461 e. The molecule has 17 heteroatoms. The fourth-order valence-electron chi connectivity index (χ4n) is 9.81. The number of non-ortho nitro benzene ring substituents is 1. The lowest BCUT2D eigenvalue weighted by atomic mass is 9.95. The van der Waals surface area contributed by atoms with Gasteiger partial charge in [-0.25, -0.2) is 18.4 Å². The van der Waals surface area contributed by atoms with Gasteiger partial charge in [0.25, 0.3) is 5.69 Å². The van der Waals surface area contributed by atoms with Crippen molar-refractivity contribution < 1.29 is 42.2 Å². The van der Waals surface area contributed by atoms with Crippen molar-refractivity contribution in [3.05, 3.63) is 88.1 Å². The predicted octanol–water partition coefficient (Wildman–Crippen LogP) is 8.19. The zero-order valence-electron chi connectivity index (χ0n) is 35.0. The fourth-order valence-corrected chi connectivity index (χ4v) is 9.81. The maximum atomic E-state index is 17.3. The van der Waals surface area contributed by atoms with Crippen LogP contribution < -0.4 is 14.4 Å². The van der Waals surface area contributed by atoms with Crippen molar-refractivity contribution in [1.29, 1.82) is 0 Å². The Morgan fingerprint density at radius 3 is 2.49 bits per heavy atom. The van der Waals surface area contributed by atoms with Gasteiger partial charge >= 0.3 is 18.3 Å². The molecule has 2 bridgehead atoms. The van der Waals surface area contributed by atoms with Crippen LogP contribution in [0.4, 0.5) is 29.9 Å². The molecule has 1 amide bonds. The van der Waals surface area contributed by atoms with Gasteiger partial charge in [0.05, 0.1) is 33.5 Å². The molecule has 6 heterocycles. The van der Waals surface area contributed by atoms with Crippen LogP contribution in [0.2, 0.25) is 0 Å². The number of benzene rings is 3. The molecule has 5 aromatic rings. The van der Waals surface area contributed by atoms with Crippen LogP contribution in [-0.4, -0.2) is 104 Å². The lowest BCUT2D eigenvalue weighted by molar-refractivity contribution is -0.384. The number of ether oxygens (including phenoxy) is 4. The number of carbonyl (C=O) groups excluding carboxylic acids is 2. The van der Waals surface area contributed by atoms with Crippen molar-refractivity contribution in [3.63, 3.8) is 0 Å². The molecule has 3 aromatic carbocycles. The quantitative estimate of drug-likeness (QED) is 0.0459. The summed E-state index contributed by atoms with van der Waals surface area (Å²) in [6.45, 7) is 7.29. The number of nitrogens with zero attached hydrogens (tertiary/aromatic N) is 7. The van der Waals surface area contributed by atoms with E-state index in [9.17, 15) is 19.7 Å². The third-order valence-corrected chi connectivity index (χ3v) is 12.6. The first kappa shape index (κ1) is 41.7. The van der Waals surface area contributed by atoms with E-state index in [1.165, 1.54) is 36.5 Å². The van der Waals surface area contributed by atoms with E-state index in [2.05, 4.69) is 20.8 Å². The first-order valence-corrected chi connectivity index (χ1v) is 21.0. The number of aromatic nitrogens is 3. The molecule has 2 aromatic heterocycles. The van der Waals surface area contributed by atoms with Crippen molar-refractivity contribution in [3.8, 4) is 35.4 Å². The summed E-state index contributed by atoms with van der Waals surface area (Å²) in [6.07, 6.45) is 10.6. The number of rotatable bonds is 9. The topological polar surface area (TPSA) is 163 Å². The highest BCUT2D eigenvalue weighted by molar-refractivity contribution is 6.02. The Bertz CT molecular complexity index is 2670. The highest BCUT2D eigenvalue weighted by atomic mass is 19.1. The molecular weight excluding hydrogens is 817 g/mol. The van der Waals surface area contributed by atoms with Crippen molar-refractivity contribution in [2.75, 3.05) is 37.7 Å². The van der Waals surface area contributed by atoms with Crippen LogP contribution in [0.15, 0.2) is 60.8 Å². The average molecular weight is 862 g/mol. The lowest BCUT2D eigenvalue weighted by Crippen LogP contribution is -2.57. The molecule has 0 unspecified atom stereocenters. The predicted molar refractivity (Wildman–Crippen MR) is 227 cm³/mol. The summed E-state index contributed by atoms with van der Waals surface area (Å²) >= 11 is 0. The first-order valence-electron chi connectivity index (χ1n) is 21.0. The Balaban J connectivity index is 1.01. The monoisotopic (exact) mass is 861 g/mol. The molecule has 326 valence electrons. The molecule has 4 aliphatic heterocycles. The van der Waals surface area contributed by atoms with Crippen molar-refractivity contribution in [1.82, 2.24) is 24.8 Å². The van der Waals surface area contributed by atoms with Gasteiger partial charge in [0.1, 0.15) is 47.4 Å². The molecule has 0 saturated carbocycles. The van der Waals surface area contributed by atoms with E-state index in [0.717, 1.165) is 38.6 Å². The maximum Gasteiger partial charge on any atom is 0.513 e. The van der Waals surface area contributed by atoms with Gasteiger partial charge in [-0.2, -0.15) is 9.97 Å². The standard InChI is InChI=1S/C46H45F2N7O8/c1-5-33-36(47)17-10-27-8-6-9-34(37(27)33)39-38(48)40-35(22-49-39)41(52-23-29-11-12-30(24-52)54(29)43(56)63-45(2,3)4)51-42(50-40)61-26-46-19-7-21-53(46)31(18-20-46)25-60-44(57)62-32-15-13-28(14-16-32)55(58)59/h1,6,8-10,13-17,22,29-31H,7,11-12,18-21,23-26H2,2-4H3/t29-,30+,31-,46+/m0/s1. The minimum absolute atomic E-state index is 0.00264. The number of anilines is 1. The summed E-state index contributed by atoms with van der Waals surface area (Å²) in [7, 11) is 0. The van der Waals surface area contributed by atoms with Gasteiger partial charge in [-0.3, -0.25) is 24.9 Å². The Labute approximate surface area is 361 Å². The largest absolute Gasteiger partial charge is 0.513 e. The second-order valence-corrected chi connectivity index (χ2v) is 17.6. The van der Waals surface area contributed by atoms with E-state index in [1.807, 2.05) is 30.6 Å². The highest BCUT2D eigenvalue weighted by Crippen LogP contribution is 2.44. The zero-order valence-corrected chi connectivity index (χ0v) is 35.0. The van der Waals surface area contributed by atoms with Gasteiger partial charge in [-0.15, -0.1) is 6.42 Å². The van der Waals surface area contributed by atoms with Crippen LogP contribution in [0.1, 0.15) is 64.9 Å². The number of hydrogen-bond acceptors (Lipinski definition) is 13. The Morgan fingerprint density at radius 2 is 1.78 bits per heavy atom. The van der Waals surface area contributed by atoms with Crippen LogP contribution in [0.5, 0.6) is 11.8 Å². The second kappa shape index (κ2) is 16.2. The van der Waals surface area contributed by atoms with Crippen molar-refractivity contribution in [2.45, 2.75) is 88.6 Å². The van der Waals surface area contributed by atoms with E-state index in [-0.39, 0.29) is 71.7 Å². The summed E-state index contributed by atoms with van der Waals surface area (Å²) < 4.78 is 55.3. The maximum absolute atomic E-state index is 17.3. The van der Waals surface area contributed by atoms with Crippen molar-refractivity contribution in [2.24, 2.45) is 0 Å². The number of piperazine rings is 1. The number of nitro benzene ring substituents is 1. The van der Waals surface area contributed by atoms with E-state index < -0.39 is 33.9 Å². The summed E-state index contributed by atoms with van der Waals surface area (Å²) in [5, 5.41) is 12.3. The molecule has 4 aliphatic rings. The molecule has 0 N–H and O–H groups in total. The molecule has 4 saturated heterocycles. The fraction of sp³-hybridized carbons (Fsp3) is 0.413. The van der Waals surface area contributed by atoms with Crippen LogP contribution >= 0.6 is 0 Å². The number of amides is 1. The molecule has 0 aliphatic carbocycles. The molecule has 0 radical (unpaired) electrons.